The smallest absolute Gasteiger partial charge is 0.224 e. The van der Waals surface area contributed by atoms with Gasteiger partial charge in [-0.3, -0.25) is 9.59 Å². The Hall–Kier alpha value is -1.72. The predicted octanol–water partition coefficient (Wildman–Crippen LogP) is 2.62. The molecule has 2 fully saturated rings. The summed E-state index contributed by atoms with van der Waals surface area (Å²) in [6.07, 6.45) is 3.32. The molecule has 6 unspecified atom stereocenters. The fraction of sp³-hybridized carbons (Fsp3) is 0.600. The number of ketones is 2. The fourth-order valence-corrected chi connectivity index (χ4v) is 6.30. The molecule has 0 bridgehead atoms. The van der Waals surface area contributed by atoms with E-state index in [1.54, 1.807) is 0 Å². The van der Waals surface area contributed by atoms with Crippen LogP contribution in [0.2, 0.25) is 0 Å². The minimum atomic E-state index is -0.720. The number of hydrogen-bond donors (Lipinski definition) is 1. The maximum atomic E-state index is 13.3. The van der Waals surface area contributed by atoms with Gasteiger partial charge in [-0.2, -0.15) is 0 Å². The minimum Gasteiger partial charge on any atom is -0.460 e. The minimum absolute atomic E-state index is 0.0150. The molecule has 1 N–H and O–H groups in total. The number of hydrogen-bond acceptors (Lipinski definition) is 5. The molecule has 5 aliphatic rings. The molecule has 25 heavy (non-hydrogen) atoms. The Morgan fingerprint density at radius 3 is 2.84 bits per heavy atom. The highest BCUT2D eigenvalue weighted by Gasteiger charge is 2.68. The maximum Gasteiger partial charge on any atom is 0.224 e. The van der Waals surface area contributed by atoms with Crippen LogP contribution in [0.1, 0.15) is 67.3 Å². The predicted molar refractivity (Wildman–Crippen MR) is 86.1 cm³/mol. The second-order valence-corrected chi connectivity index (χ2v) is 8.72. The van der Waals surface area contributed by atoms with Crippen LogP contribution in [0, 0.1) is 11.3 Å². The normalized spacial score (nSPS) is 46.5. The summed E-state index contributed by atoms with van der Waals surface area (Å²) in [4.78, 5) is 25.8. The first-order chi connectivity index (χ1) is 11.9. The summed E-state index contributed by atoms with van der Waals surface area (Å²) < 4.78 is 11.5. The summed E-state index contributed by atoms with van der Waals surface area (Å²) in [5, 5.41) is 10.5. The zero-order valence-corrected chi connectivity index (χ0v) is 14.3. The van der Waals surface area contributed by atoms with E-state index in [2.05, 4.69) is 6.92 Å². The van der Waals surface area contributed by atoms with E-state index in [4.69, 9.17) is 9.15 Å². The van der Waals surface area contributed by atoms with Crippen LogP contribution >= 0.6 is 0 Å². The van der Waals surface area contributed by atoms with Crippen LogP contribution in [0.25, 0.3) is 0 Å². The van der Waals surface area contributed by atoms with Gasteiger partial charge in [0.05, 0.1) is 6.26 Å². The van der Waals surface area contributed by atoms with Gasteiger partial charge in [0.15, 0.2) is 5.76 Å². The van der Waals surface area contributed by atoms with Crippen molar-refractivity contribution in [2.45, 2.75) is 63.3 Å². The average molecular weight is 340 g/mol. The van der Waals surface area contributed by atoms with Crippen molar-refractivity contribution in [3.63, 3.8) is 0 Å². The molecule has 0 spiro atoms. The number of epoxide rings is 1. The van der Waals surface area contributed by atoms with Crippen molar-refractivity contribution in [3.8, 4) is 0 Å². The Bertz CT molecular complexity index is 907. The van der Waals surface area contributed by atoms with E-state index in [-0.39, 0.29) is 29.7 Å². The van der Waals surface area contributed by atoms with Gasteiger partial charge in [0.2, 0.25) is 5.78 Å². The quantitative estimate of drug-likeness (QED) is 0.734. The van der Waals surface area contributed by atoms with Crippen LogP contribution in [-0.4, -0.2) is 28.9 Å². The van der Waals surface area contributed by atoms with Crippen molar-refractivity contribution in [2.75, 3.05) is 0 Å². The summed E-state index contributed by atoms with van der Waals surface area (Å²) in [6, 6.07) is 0. The SMILES string of the molecule is CC12CCC3=C(C(=O)c4occ5c4C3(C)C3OC3C5O)C1CCC2=O. The Kier molecular flexibility index (Phi) is 2.31. The van der Waals surface area contributed by atoms with Gasteiger partial charge < -0.3 is 14.3 Å². The van der Waals surface area contributed by atoms with Crippen molar-refractivity contribution in [1.82, 2.24) is 0 Å². The van der Waals surface area contributed by atoms with Crippen LogP contribution < -0.4 is 0 Å². The molecular weight excluding hydrogens is 320 g/mol. The number of carbonyl (C=O) groups excluding carboxylic acids is 2. The lowest BCUT2D eigenvalue weighted by Crippen LogP contribution is -2.47. The highest BCUT2D eigenvalue weighted by molar-refractivity contribution is 6.12. The van der Waals surface area contributed by atoms with Gasteiger partial charge in [-0.05, 0) is 31.8 Å². The van der Waals surface area contributed by atoms with Crippen molar-refractivity contribution in [1.29, 1.82) is 0 Å². The molecule has 0 aromatic carbocycles. The van der Waals surface area contributed by atoms with E-state index in [0.717, 1.165) is 36.0 Å². The largest absolute Gasteiger partial charge is 0.460 e. The second kappa shape index (κ2) is 3.99. The van der Waals surface area contributed by atoms with Gasteiger partial charge in [-0.1, -0.05) is 6.92 Å². The van der Waals surface area contributed by atoms with E-state index in [9.17, 15) is 14.7 Å². The summed E-state index contributed by atoms with van der Waals surface area (Å²) in [6.45, 7) is 4.15. The van der Waals surface area contributed by atoms with Crippen LogP contribution in [0.3, 0.4) is 0 Å². The fourth-order valence-electron chi connectivity index (χ4n) is 6.30. The molecule has 1 aliphatic heterocycles. The van der Waals surface area contributed by atoms with E-state index in [0.29, 0.717) is 17.7 Å². The third-order valence-corrected chi connectivity index (χ3v) is 7.78. The van der Waals surface area contributed by atoms with E-state index in [1.807, 2.05) is 6.92 Å². The molecule has 5 heteroatoms. The Morgan fingerprint density at radius 1 is 1.24 bits per heavy atom. The molecule has 4 aliphatic carbocycles. The summed E-state index contributed by atoms with van der Waals surface area (Å²) in [5.41, 5.74) is 2.63. The standard InChI is InChI=1S/C20H20O5/c1-19-6-5-10-12(9(19)3-4-11(19)21)15(23)16-13-8(7-24-16)14(22)17-18(25-17)20(10,13)2/h7,9,14,17-18,22H,3-6H2,1-2H3. The molecule has 1 saturated carbocycles. The molecule has 2 heterocycles. The number of fused-ring (bicyclic) bond motifs is 5. The van der Waals surface area contributed by atoms with Gasteiger partial charge in [-0.15, -0.1) is 0 Å². The van der Waals surface area contributed by atoms with Crippen LogP contribution in [0.15, 0.2) is 21.8 Å². The number of aliphatic hydroxyl groups excluding tert-OH is 1. The Morgan fingerprint density at radius 2 is 2.04 bits per heavy atom. The number of carbonyl (C=O) groups is 2. The van der Waals surface area contributed by atoms with Gasteiger partial charge in [0.1, 0.15) is 24.1 Å². The number of ether oxygens (including phenoxy) is 1. The Balaban J connectivity index is 1.64. The van der Waals surface area contributed by atoms with Crippen LogP contribution in [0.5, 0.6) is 0 Å². The molecular formula is C20H20O5. The first kappa shape index (κ1) is 14.4. The highest BCUT2D eigenvalue weighted by atomic mass is 16.6. The molecule has 6 atom stereocenters. The molecule has 1 saturated heterocycles. The van der Waals surface area contributed by atoms with Crippen molar-refractivity contribution in [3.05, 3.63) is 34.3 Å². The maximum absolute atomic E-state index is 13.3. The molecule has 0 amide bonds. The van der Waals surface area contributed by atoms with Gasteiger partial charge >= 0.3 is 0 Å². The molecule has 130 valence electrons. The molecule has 1 aromatic rings. The van der Waals surface area contributed by atoms with Gasteiger partial charge in [-0.25, -0.2) is 0 Å². The molecule has 0 radical (unpaired) electrons. The topological polar surface area (TPSA) is 80.0 Å². The molecule has 6 rings (SSSR count). The number of furan rings is 1. The van der Waals surface area contributed by atoms with Gasteiger partial charge in [0.25, 0.3) is 0 Å². The Labute approximate surface area is 145 Å². The lowest BCUT2D eigenvalue weighted by molar-refractivity contribution is -0.126. The van der Waals surface area contributed by atoms with E-state index >= 15 is 0 Å². The van der Waals surface area contributed by atoms with Gasteiger partial charge in [0, 0.05) is 39.9 Å². The van der Waals surface area contributed by atoms with Crippen LogP contribution in [-0.2, 0) is 14.9 Å². The summed E-state index contributed by atoms with van der Waals surface area (Å²) >= 11 is 0. The second-order valence-electron chi connectivity index (χ2n) is 8.72. The third kappa shape index (κ3) is 1.35. The van der Waals surface area contributed by atoms with Crippen LogP contribution in [0.4, 0.5) is 0 Å². The third-order valence-electron chi connectivity index (χ3n) is 7.78. The molecule has 5 nitrogen and oxygen atoms in total. The zero-order valence-electron chi connectivity index (χ0n) is 14.3. The number of aliphatic hydroxyl groups is 1. The van der Waals surface area contributed by atoms with E-state index < -0.39 is 16.9 Å². The number of rotatable bonds is 0. The number of allylic oxidation sites excluding steroid dienone is 1. The summed E-state index contributed by atoms with van der Waals surface area (Å²) in [5.74, 6) is 0.546. The first-order valence-corrected chi connectivity index (χ1v) is 9.16. The summed E-state index contributed by atoms with van der Waals surface area (Å²) in [7, 11) is 0. The molecule has 1 aromatic heterocycles. The number of Topliss-reactive ketones (excluding diaryl/α,β-unsaturated/α-hetero) is 2. The van der Waals surface area contributed by atoms with E-state index in [1.165, 1.54) is 6.26 Å². The highest BCUT2D eigenvalue weighted by Crippen LogP contribution is 2.65. The lowest BCUT2D eigenvalue weighted by Gasteiger charge is -2.46. The average Bonchev–Trinajstić information content (AvgIpc) is 3.19. The van der Waals surface area contributed by atoms with Crippen molar-refractivity contribution >= 4 is 11.6 Å². The lowest BCUT2D eigenvalue weighted by atomic mass is 9.54. The zero-order chi connectivity index (χ0) is 17.3. The monoisotopic (exact) mass is 340 g/mol. The van der Waals surface area contributed by atoms with Crippen molar-refractivity contribution < 1.29 is 23.8 Å². The van der Waals surface area contributed by atoms with Crippen molar-refractivity contribution in [2.24, 2.45) is 11.3 Å². The first-order valence-electron chi connectivity index (χ1n) is 9.16.